The van der Waals surface area contributed by atoms with Gasteiger partial charge >= 0.3 is 11.9 Å². The van der Waals surface area contributed by atoms with Crippen LogP contribution >= 0.6 is 0 Å². The number of rotatable bonds is 7. The average molecular weight is 374 g/mol. The van der Waals surface area contributed by atoms with Gasteiger partial charge in [0.25, 0.3) is 0 Å². The summed E-state index contributed by atoms with van der Waals surface area (Å²) in [5.41, 5.74) is 0. The maximum absolute atomic E-state index is 11.7. The molecule has 0 saturated carbocycles. The highest BCUT2D eigenvalue weighted by atomic mass is 16.8. The number of aliphatic hydroxyl groups excluding tert-OH is 1. The lowest BCUT2D eigenvalue weighted by Crippen LogP contribution is -2.52. The van der Waals surface area contributed by atoms with Crippen molar-refractivity contribution in [2.24, 2.45) is 0 Å². The standard InChI is InChI=1S/C17H26O9/c1-5-21-12(18)7-10(8-13(19)22-6-2)24-16-14(20)15-11(9-23-16)25-17(3,4)26-15/h7,11,14-16,20H,5-6,8-9H2,1-4H3/b10-7-/t11-,14+,15-,16-/m1/s1. The number of hydrogen-bond donors (Lipinski definition) is 1. The molecule has 0 aromatic carbocycles. The molecule has 0 spiro atoms. The molecule has 0 aliphatic carbocycles. The Morgan fingerprint density at radius 3 is 2.54 bits per heavy atom. The summed E-state index contributed by atoms with van der Waals surface area (Å²) in [6, 6.07) is 0. The van der Waals surface area contributed by atoms with Gasteiger partial charge in [0.15, 0.2) is 5.79 Å². The first-order valence-corrected chi connectivity index (χ1v) is 8.60. The lowest BCUT2D eigenvalue weighted by Gasteiger charge is -2.34. The zero-order chi connectivity index (χ0) is 19.3. The summed E-state index contributed by atoms with van der Waals surface area (Å²) in [5, 5.41) is 10.5. The van der Waals surface area contributed by atoms with E-state index < -0.39 is 42.3 Å². The van der Waals surface area contributed by atoms with Crippen molar-refractivity contribution in [3.8, 4) is 0 Å². The van der Waals surface area contributed by atoms with Crippen molar-refractivity contribution in [1.82, 2.24) is 0 Å². The second-order valence-corrected chi connectivity index (χ2v) is 6.29. The normalized spacial score (nSPS) is 30.4. The fraction of sp³-hybridized carbons (Fsp3) is 0.765. The van der Waals surface area contributed by atoms with Crippen LogP contribution in [0, 0.1) is 0 Å². The molecule has 0 unspecified atom stereocenters. The van der Waals surface area contributed by atoms with Crippen LogP contribution in [-0.4, -0.2) is 67.3 Å². The molecule has 26 heavy (non-hydrogen) atoms. The van der Waals surface area contributed by atoms with Crippen LogP contribution < -0.4 is 0 Å². The van der Waals surface area contributed by atoms with Crippen LogP contribution in [0.15, 0.2) is 11.8 Å². The zero-order valence-electron chi connectivity index (χ0n) is 15.4. The minimum atomic E-state index is -1.16. The first-order valence-electron chi connectivity index (χ1n) is 8.60. The number of fused-ring (bicyclic) bond motifs is 1. The SMILES string of the molecule is CCOC(=O)/C=C(/CC(=O)OCC)O[C@H]1OC[C@H]2OC(C)(C)O[C@H]2[C@@H]1O. The van der Waals surface area contributed by atoms with Gasteiger partial charge < -0.3 is 33.5 Å². The lowest BCUT2D eigenvalue weighted by molar-refractivity contribution is -0.238. The smallest absolute Gasteiger partial charge is 0.334 e. The zero-order valence-corrected chi connectivity index (χ0v) is 15.4. The van der Waals surface area contributed by atoms with Gasteiger partial charge in [-0.2, -0.15) is 0 Å². The Balaban J connectivity index is 2.07. The number of carbonyl (C=O) groups is 2. The maximum Gasteiger partial charge on any atom is 0.334 e. The Morgan fingerprint density at radius 1 is 1.19 bits per heavy atom. The summed E-state index contributed by atoms with van der Waals surface area (Å²) < 4.78 is 32.1. The van der Waals surface area contributed by atoms with E-state index >= 15 is 0 Å². The van der Waals surface area contributed by atoms with E-state index in [1.54, 1.807) is 27.7 Å². The van der Waals surface area contributed by atoms with Crippen molar-refractivity contribution in [2.75, 3.05) is 19.8 Å². The predicted octanol–water partition coefficient (Wildman–Crippen LogP) is 0.640. The number of carbonyl (C=O) groups excluding carboxylic acids is 2. The van der Waals surface area contributed by atoms with Gasteiger partial charge in [-0.1, -0.05) is 0 Å². The molecule has 2 heterocycles. The van der Waals surface area contributed by atoms with Gasteiger partial charge in [0.2, 0.25) is 6.29 Å². The van der Waals surface area contributed by atoms with Crippen molar-refractivity contribution >= 4 is 11.9 Å². The molecular formula is C17H26O9. The molecule has 2 aliphatic rings. The van der Waals surface area contributed by atoms with Crippen LogP contribution in [0.3, 0.4) is 0 Å². The number of hydrogen-bond acceptors (Lipinski definition) is 9. The summed E-state index contributed by atoms with van der Waals surface area (Å²) in [6.07, 6.45) is -2.61. The molecule has 9 heteroatoms. The van der Waals surface area contributed by atoms with Crippen LogP contribution in [0.2, 0.25) is 0 Å². The average Bonchev–Trinajstić information content (AvgIpc) is 2.85. The Kier molecular flexibility index (Phi) is 6.99. The molecule has 1 N–H and O–H groups in total. The molecular weight excluding hydrogens is 348 g/mol. The van der Waals surface area contributed by atoms with E-state index in [-0.39, 0.29) is 32.0 Å². The minimum absolute atomic E-state index is 0.0254. The molecule has 0 radical (unpaired) electrons. The summed E-state index contributed by atoms with van der Waals surface area (Å²) >= 11 is 0. The quantitative estimate of drug-likeness (QED) is 0.390. The van der Waals surface area contributed by atoms with Crippen molar-refractivity contribution in [3.05, 3.63) is 11.8 Å². The second-order valence-electron chi connectivity index (χ2n) is 6.29. The van der Waals surface area contributed by atoms with Crippen LogP contribution in [0.4, 0.5) is 0 Å². The van der Waals surface area contributed by atoms with Crippen LogP contribution in [0.1, 0.15) is 34.1 Å². The van der Waals surface area contributed by atoms with Crippen molar-refractivity contribution in [3.63, 3.8) is 0 Å². The van der Waals surface area contributed by atoms with E-state index in [4.69, 9.17) is 28.4 Å². The summed E-state index contributed by atoms with van der Waals surface area (Å²) in [5.74, 6) is -2.12. The highest BCUT2D eigenvalue weighted by molar-refractivity contribution is 5.84. The molecule has 9 nitrogen and oxygen atoms in total. The minimum Gasteiger partial charge on any atom is -0.466 e. The Bertz CT molecular complexity index is 542. The molecule has 2 saturated heterocycles. The first kappa shape index (κ1) is 20.6. The molecule has 0 amide bonds. The molecule has 4 atom stereocenters. The van der Waals surface area contributed by atoms with Gasteiger partial charge in [-0.25, -0.2) is 4.79 Å². The van der Waals surface area contributed by atoms with Gasteiger partial charge in [0.1, 0.15) is 30.5 Å². The fourth-order valence-corrected chi connectivity index (χ4v) is 2.77. The van der Waals surface area contributed by atoms with Crippen molar-refractivity contribution < 1.29 is 43.1 Å². The third-order valence-corrected chi connectivity index (χ3v) is 3.72. The van der Waals surface area contributed by atoms with E-state index in [1.807, 2.05) is 0 Å². The van der Waals surface area contributed by atoms with Crippen molar-refractivity contribution in [2.45, 2.75) is 64.5 Å². The number of aliphatic hydroxyl groups is 1. The van der Waals surface area contributed by atoms with Gasteiger partial charge in [-0.15, -0.1) is 0 Å². The fourth-order valence-electron chi connectivity index (χ4n) is 2.77. The molecule has 2 rings (SSSR count). The molecule has 0 bridgehead atoms. The second kappa shape index (κ2) is 8.81. The molecule has 0 aromatic rings. The first-order chi connectivity index (χ1) is 12.3. The molecule has 0 aromatic heterocycles. The summed E-state index contributed by atoms with van der Waals surface area (Å²) in [6.45, 7) is 7.31. The highest BCUT2D eigenvalue weighted by Gasteiger charge is 2.51. The van der Waals surface area contributed by atoms with Crippen LogP contribution in [0.25, 0.3) is 0 Å². The Labute approximate surface area is 152 Å². The molecule has 2 fully saturated rings. The van der Waals surface area contributed by atoms with E-state index in [0.717, 1.165) is 6.08 Å². The van der Waals surface area contributed by atoms with Gasteiger partial charge in [0.05, 0.1) is 25.9 Å². The topological polar surface area (TPSA) is 110 Å². The molecule has 2 aliphatic heterocycles. The van der Waals surface area contributed by atoms with E-state index in [9.17, 15) is 14.7 Å². The van der Waals surface area contributed by atoms with E-state index in [1.165, 1.54) is 0 Å². The maximum atomic E-state index is 11.7. The van der Waals surface area contributed by atoms with Gasteiger partial charge in [-0.3, -0.25) is 4.79 Å². The van der Waals surface area contributed by atoms with Crippen LogP contribution in [-0.2, 0) is 38.0 Å². The third kappa shape index (κ3) is 5.41. The van der Waals surface area contributed by atoms with Crippen LogP contribution in [0.5, 0.6) is 0 Å². The Morgan fingerprint density at radius 2 is 1.88 bits per heavy atom. The Hall–Kier alpha value is -1.68. The molecule has 148 valence electrons. The lowest BCUT2D eigenvalue weighted by atomic mass is 10.1. The summed E-state index contributed by atoms with van der Waals surface area (Å²) in [4.78, 5) is 23.4. The van der Waals surface area contributed by atoms with Gasteiger partial charge in [0, 0.05) is 0 Å². The highest BCUT2D eigenvalue weighted by Crippen LogP contribution is 2.35. The monoisotopic (exact) mass is 374 g/mol. The summed E-state index contributed by atoms with van der Waals surface area (Å²) in [7, 11) is 0. The van der Waals surface area contributed by atoms with Crippen molar-refractivity contribution in [1.29, 1.82) is 0 Å². The van der Waals surface area contributed by atoms with E-state index in [0.29, 0.717) is 0 Å². The predicted molar refractivity (Wildman–Crippen MR) is 86.6 cm³/mol. The van der Waals surface area contributed by atoms with E-state index in [2.05, 4.69) is 0 Å². The number of esters is 2. The largest absolute Gasteiger partial charge is 0.466 e. The van der Waals surface area contributed by atoms with Gasteiger partial charge in [-0.05, 0) is 27.7 Å². The number of ether oxygens (including phenoxy) is 6. The third-order valence-electron chi connectivity index (χ3n) is 3.72.